The molecule has 1 nitrogen and oxygen atoms in total. The summed E-state index contributed by atoms with van der Waals surface area (Å²) in [5.74, 6) is 0. The standard InChI is InChI=1S/C53H37N/c1-5-17-38(18-6-1)48-35-40-19-13-14-20-41(40)36-49(48)39-29-31-45(32-30-39)54(44-25-11-4-12-26-44)46-33-34-52-50(37-46)47-27-15-16-28-51(47)53(52,42-21-7-2-8-22-42)43-23-9-3-10-24-43/h1-37H. The maximum absolute atomic E-state index is 2.40. The molecule has 9 aromatic carbocycles. The Labute approximate surface area is 317 Å². The van der Waals surface area contributed by atoms with E-state index >= 15 is 0 Å². The first-order chi connectivity index (χ1) is 26.8. The molecule has 1 aliphatic rings. The third-order valence-corrected chi connectivity index (χ3v) is 11.1. The summed E-state index contributed by atoms with van der Waals surface area (Å²) in [6.07, 6.45) is 0. The second-order valence-electron chi connectivity index (χ2n) is 14.1. The third-order valence-electron chi connectivity index (χ3n) is 11.1. The smallest absolute Gasteiger partial charge is 0.0713 e. The number of anilines is 3. The predicted octanol–water partition coefficient (Wildman–Crippen LogP) is 14.0. The molecule has 0 radical (unpaired) electrons. The predicted molar refractivity (Wildman–Crippen MR) is 227 cm³/mol. The molecule has 0 unspecified atom stereocenters. The van der Waals surface area contributed by atoms with Crippen molar-refractivity contribution < 1.29 is 0 Å². The van der Waals surface area contributed by atoms with Crippen LogP contribution in [-0.2, 0) is 5.41 Å². The summed E-state index contributed by atoms with van der Waals surface area (Å²) in [6, 6.07) is 81.9. The van der Waals surface area contributed by atoms with Crippen molar-refractivity contribution in [2.75, 3.05) is 4.90 Å². The van der Waals surface area contributed by atoms with Crippen LogP contribution in [0.2, 0.25) is 0 Å². The van der Waals surface area contributed by atoms with Gasteiger partial charge in [0, 0.05) is 17.1 Å². The Morgan fingerprint density at radius 2 is 0.722 bits per heavy atom. The molecule has 0 aromatic heterocycles. The summed E-state index contributed by atoms with van der Waals surface area (Å²) in [6.45, 7) is 0. The fourth-order valence-electron chi connectivity index (χ4n) is 8.73. The molecule has 0 saturated heterocycles. The van der Waals surface area contributed by atoms with Crippen molar-refractivity contribution in [1.29, 1.82) is 0 Å². The van der Waals surface area contributed by atoms with Crippen LogP contribution < -0.4 is 4.90 Å². The van der Waals surface area contributed by atoms with Crippen LogP contribution in [0.1, 0.15) is 22.3 Å². The first-order valence-electron chi connectivity index (χ1n) is 18.7. The molecule has 0 atom stereocenters. The zero-order chi connectivity index (χ0) is 35.9. The Bertz CT molecular complexity index is 2700. The Morgan fingerprint density at radius 3 is 1.33 bits per heavy atom. The summed E-state index contributed by atoms with van der Waals surface area (Å²) < 4.78 is 0. The topological polar surface area (TPSA) is 3.24 Å². The zero-order valence-electron chi connectivity index (χ0n) is 29.8. The molecule has 1 heteroatoms. The van der Waals surface area contributed by atoms with E-state index in [1.807, 2.05) is 0 Å². The number of hydrogen-bond donors (Lipinski definition) is 0. The van der Waals surface area contributed by atoms with Crippen molar-refractivity contribution in [3.63, 3.8) is 0 Å². The minimum atomic E-state index is -0.428. The van der Waals surface area contributed by atoms with Crippen molar-refractivity contribution in [1.82, 2.24) is 0 Å². The van der Waals surface area contributed by atoms with Crippen molar-refractivity contribution in [3.8, 4) is 33.4 Å². The normalized spacial score (nSPS) is 12.6. The van der Waals surface area contributed by atoms with Crippen LogP contribution >= 0.6 is 0 Å². The molecular formula is C53H37N. The van der Waals surface area contributed by atoms with Crippen LogP contribution in [0.3, 0.4) is 0 Å². The average Bonchev–Trinajstić information content (AvgIpc) is 3.55. The van der Waals surface area contributed by atoms with Gasteiger partial charge < -0.3 is 4.90 Å². The maximum Gasteiger partial charge on any atom is 0.0713 e. The summed E-state index contributed by atoms with van der Waals surface area (Å²) in [7, 11) is 0. The number of para-hydroxylation sites is 1. The molecule has 0 N–H and O–H groups in total. The van der Waals surface area contributed by atoms with E-state index in [-0.39, 0.29) is 0 Å². The zero-order valence-corrected chi connectivity index (χ0v) is 29.8. The molecule has 1 aliphatic carbocycles. The van der Waals surface area contributed by atoms with Crippen LogP contribution in [0, 0.1) is 0 Å². The maximum atomic E-state index is 2.40. The highest BCUT2D eigenvalue weighted by Gasteiger charge is 2.46. The summed E-state index contributed by atoms with van der Waals surface area (Å²) in [4.78, 5) is 2.39. The van der Waals surface area contributed by atoms with Gasteiger partial charge in [0.05, 0.1) is 5.41 Å². The molecule has 0 amide bonds. The fraction of sp³-hybridized carbons (Fsp3) is 0.0189. The van der Waals surface area contributed by atoms with Gasteiger partial charge in [0.2, 0.25) is 0 Å². The Hall–Kier alpha value is -6.96. The van der Waals surface area contributed by atoms with E-state index in [1.54, 1.807) is 0 Å². The molecular weight excluding hydrogens is 651 g/mol. The van der Waals surface area contributed by atoms with E-state index in [4.69, 9.17) is 0 Å². The highest BCUT2D eigenvalue weighted by Crippen LogP contribution is 2.57. The molecule has 0 bridgehead atoms. The van der Waals surface area contributed by atoms with Gasteiger partial charge in [0.25, 0.3) is 0 Å². The number of fused-ring (bicyclic) bond motifs is 4. The largest absolute Gasteiger partial charge is 0.310 e. The molecule has 0 saturated carbocycles. The number of benzene rings is 9. The van der Waals surface area contributed by atoms with Crippen molar-refractivity contribution in [3.05, 3.63) is 247 Å². The lowest BCUT2D eigenvalue weighted by Gasteiger charge is -2.34. The summed E-state index contributed by atoms with van der Waals surface area (Å²) >= 11 is 0. The van der Waals surface area contributed by atoms with Crippen LogP contribution in [0.25, 0.3) is 44.2 Å². The van der Waals surface area contributed by atoms with Crippen molar-refractivity contribution in [2.45, 2.75) is 5.41 Å². The Kier molecular flexibility index (Phi) is 7.78. The van der Waals surface area contributed by atoms with E-state index in [1.165, 1.54) is 66.4 Å². The minimum Gasteiger partial charge on any atom is -0.310 e. The van der Waals surface area contributed by atoms with Gasteiger partial charge in [0.1, 0.15) is 0 Å². The van der Waals surface area contributed by atoms with Gasteiger partial charge in [-0.2, -0.15) is 0 Å². The van der Waals surface area contributed by atoms with Gasteiger partial charge in [-0.15, -0.1) is 0 Å². The van der Waals surface area contributed by atoms with E-state index in [0.717, 1.165) is 17.1 Å². The quantitative estimate of drug-likeness (QED) is 0.161. The fourth-order valence-corrected chi connectivity index (χ4v) is 8.73. The highest BCUT2D eigenvalue weighted by molar-refractivity contribution is 5.97. The molecule has 9 aromatic rings. The Balaban J connectivity index is 1.13. The average molecular weight is 688 g/mol. The summed E-state index contributed by atoms with van der Waals surface area (Å²) in [5.41, 5.74) is 15.5. The van der Waals surface area contributed by atoms with Gasteiger partial charge >= 0.3 is 0 Å². The lowest BCUT2D eigenvalue weighted by atomic mass is 9.68. The van der Waals surface area contributed by atoms with Gasteiger partial charge in [-0.25, -0.2) is 0 Å². The first-order valence-corrected chi connectivity index (χ1v) is 18.7. The second-order valence-corrected chi connectivity index (χ2v) is 14.1. The van der Waals surface area contributed by atoms with Gasteiger partial charge in [-0.05, 0) is 115 Å². The monoisotopic (exact) mass is 687 g/mol. The van der Waals surface area contributed by atoms with Crippen LogP contribution in [-0.4, -0.2) is 0 Å². The van der Waals surface area contributed by atoms with Crippen molar-refractivity contribution in [2.24, 2.45) is 0 Å². The molecule has 0 fully saturated rings. The molecule has 254 valence electrons. The Morgan fingerprint density at radius 1 is 0.278 bits per heavy atom. The van der Waals surface area contributed by atoms with Crippen LogP contribution in [0.4, 0.5) is 17.1 Å². The van der Waals surface area contributed by atoms with Gasteiger partial charge in [0.15, 0.2) is 0 Å². The van der Waals surface area contributed by atoms with E-state index < -0.39 is 5.41 Å². The molecule has 0 aliphatic heterocycles. The van der Waals surface area contributed by atoms with E-state index in [9.17, 15) is 0 Å². The van der Waals surface area contributed by atoms with Crippen LogP contribution in [0.15, 0.2) is 224 Å². The van der Waals surface area contributed by atoms with Gasteiger partial charge in [-0.1, -0.05) is 176 Å². The first kappa shape index (κ1) is 31.7. The number of nitrogens with zero attached hydrogens (tertiary/aromatic N) is 1. The molecule has 0 spiro atoms. The lowest BCUT2D eigenvalue weighted by Crippen LogP contribution is -2.28. The molecule has 0 heterocycles. The highest BCUT2D eigenvalue weighted by atomic mass is 15.1. The molecule has 10 rings (SSSR count). The third kappa shape index (κ3) is 5.17. The van der Waals surface area contributed by atoms with Crippen LogP contribution in [0.5, 0.6) is 0 Å². The van der Waals surface area contributed by atoms with Gasteiger partial charge in [-0.3, -0.25) is 0 Å². The van der Waals surface area contributed by atoms with E-state index in [0.29, 0.717) is 0 Å². The second kappa shape index (κ2) is 13.2. The summed E-state index contributed by atoms with van der Waals surface area (Å²) in [5, 5.41) is 2.48. The number of hydrogen-bond acceptors (Lipinski definition) is 1. The lowest BCUT2D eigenvalue weighted by molar-refractivity contribution is 0.768. The SMILES string of the molecule is c1ccc(-c2cc3ccccc3cc2-c2ccc(N(c3ccccc3)c3ccc4c(c3)-c3ccccc3C4(c3ccccc3)c3ccccc3)cc2)cc1. The number of rotatable bonds is 7. The van der Waals surface area contributed by atoms with E-state index in [2.05, 4.69) is 229 Å². The molecule has 54 heavy (non-hydrogen) atoms. The minimum absolute atomic E-state index is 0.428. The van der Waals surface area contributed by atoms with Crippen molar-refractivity contribution >= 4 is 27.8 Å².